The fourth-order valence-electron chi connectivity index (χ4n) is 5.82. The van der Waals surface area contributed by atoms with Crippen LogP contribution in [0, 0.1) is 11.8 Å². The number of aromatic nitrogens is 2. The van der Waals surface area contributed by atoms with Crippen LogP contribution in [0.25, 0.3) is 0 Å². The van der Waals surface area contributed by atoms with E-state index in [-0.39, 0.29) is 12.1 Å². The number of halogens is 1. The van der Waals surface area contributed by atoms with E-state index < -0.39 is 0 Å². The molecule has 0 spiro atoms. The van der Waals surface area contributed by atoms with Crippen LogP contribution in [0.4, 0.5) is 11.4 Å². The lowest BCUT2D eigenvalue weighted by Crippen LogP contribution is -2.38. The molecule has 0 saturated carbocycles. The highest BCUT2D eigenvalue weighted by molar-refractivity contribution is 7.80. The molecule has 5 nitrogen and oxygen atoms in total. The number of hydrogen-bond donors (Lipinski definition) is 1. The lowest BCUT2D eigenvalue weighted by molar-refractivity contribution is 0.357. The van der Waals surface area contributed by atoms with Crippen LogP contribution in [-0.4, -0.2) is 27.8 Å². The molecule has 2 saturated heterocycles. The Morgan fingerprint density at radius 1 is 1.06 bits per heavy atom. The largest absolute Gasteiger partial charge is 0.370 e. The molecule has 7 heteroatoms. The molecule has 0 aliphatic carbocycles. The number of hydrogen-bond acceptors (Lipinski definition) is 3. The first-order chi connectivity index (χ1) is 16.8. The summed E-state index contributed by atoms with van der Waals surface area (Å²) in [6.45, 7) is 11.1. The number of nitrogens with zero attached hydrogens (tertiary/aromatic N) is 4. The van der Waals surface area contributed by atoms with Crippen LogP contribution in [0.1, 0.15) is 63.6 Å². The third-order valence-corrected chi connectivity index (χ3v) is 7.81. The Hall–Kier alpha value is -2.57. The summed E-state index contributed by atoms with van der Waals surface area (Å²) in [4.78, 5) is 9.32. The van der Waals surface area contributed by atoms with Crippen LogP contribution in [0.15, 0.2) is 60.9 Å². The van der Waals surface area contributed by atoms with Crippen LogP contribution < -0.4 is 15.1 Å². The first-order valence-electron chi connectivity index (χ1n) is 12.6. The summed E-state index contributed by atoms with van der Waals surface area (Å²) in [5, 5.41) is 5.02. The zero-order valence-corrected chi connectivity index (χ0v) is 22.4. The normalized spacial score (nSPS) is 24.8. The van der Waals surface area contributed by atoms with Gasteiger partial charge in [-0.1, -0.05) is 31.5 Å². The summed E-state index contributed by atoms with van der Waals surface area (Å²) in [5.74, 6) is 1.33. The van der Waals surface area contributed by atoms with Crippen molar-refractivity contribution >= 4 is 40.3 Å². The number of pyridine rings is 1. The van der Waals surface area contributed by atoms with Gasteiger partial charge in [0.05, 0.1) is 22.4 Å². The van der Waals surface area contributed by atoms with Gasteiger partial charge in [0, 0.05) is 42.9 Å². The predicted octanol–water partition coefficient (Wildman–Crippen LogP) is 6.78. The average Bonchev–Trinajstić information content (AvgIpc) is 3.43. The molecular formula is C28H34ClN5S. The van der Waals surface area contributed by atoms with E-state index in [0.717, 1.165) is 35.2 Å². The van der Waals surface area contributed by atoms with E-state index >= 15 is 0 Å². The number of benzene rings is 1. The Balaban J connectivity index is 1.55. The van der Waals surface area contributed by atoms with Gasteiger partial charge in [0.2, 0.25) is 0 Å². The van der Waals surface area contributed by atoms with Crippen molar-refractivity contribution in [2.24, 2.45) is 11.8 Å². The van der Waals surface area contributed by atoms with Gasteiger partial charge in [-0.3, -0.25) is 4.98 Å². The van der Waals surface area contributed by atoms with Crippen LogP contribution >= 0.6 is 23.8 Å². The third kappa shape index (κ3) is 4.66. The molecular weight excluding hydrogens is 474 g/mol. The maximum absolute atomic E-state index is 6.94. The maximum Gasteiger partial charge on any atom is 0.174 e. The number of anilines is 2. The van der Waals surface area contributed by atoms with Crippen molar-refractivity contribution in [1.82, 2.24) is 14.9 Å². The quantitative estimate of drug-likeness (QED) is 0.385. The molecule has 184 valence electrons. The van der Waals surface area contributed by atoms with Crippen molar-refractivity contribution in [3.63, 3.8) is 0 Å². The molecule has 1 aromatic carbocycles. The summed E-state index contributed by atoms with van der Waals surface area (Å²) >= 11 is 12.9. The van der Waals surface area contributed by atoms with Crippen molar-refractivity contribution in [1.29, 1.82) is 0 Å². The van der Waals surface area contributed by atoms with Gasteiger partial charge in [0.25, 0.3) is 0 Å². The molecule has 1 N–H and O–H groups in total. The zero-order chi connectivity index (χ0) is 24.7. The molecule has 0 amide bonds. The fourth-order valence-corrected chi connectivity index (χ4v) is 6.46. The van der Waals surface area contributed by atoms with Gasteiger partial charge in [-0.05, 0) is 86.8 Å². The highest BCUT2D eigenvalue weighted by Gasteiger charge is 2.42. The second-order valence-corrected chi connectivity index (χ2v) is 11.2. The summed E-state index contributed by atoms with van der Waals surface area (Å²) in [7, 11) is 0. The predicted molar refractivity (Wildman–Crippen MR) is 149 cm³/mol. The molecule has 2 aromatic heterocycles. The summed E-state index contributed by atoms with van der Waals surface area (Å²) in [6.07, 6.45) is 5.25. The van der Waals surface area contributed by atoms with E-state index in [9.17, 15) is 0 Å². The highest BCUT2D eigenvalue weighted by atomic mass is 35.5. The van der Waals surface area contributed by atoms with Crippen LogP contribution in [0.5, 0.6) is 0 Å². The van der Waals surface area contributed by atoms with E-state index in [1.54, 1.807) is 0 Å². The van der Waals surface area contributed by atoms with E-state index in [2.05, 4.69) is 95.0 Å². The summed E-state index contributed by atoms with van der Waals surface area (Å²) in [5.41, 5.74) is 4.27. The molecule has 4 heterocycles. The minimum absolute atomic E-state index is 0.0493. The Morgan fingerprint density at radius 3 is 2.49 bits per heavy atom. The zero-order valence-electron chi connectivity index (χ0n) is 20.9. The third-order valence-electron chi connectivity index (χ3n) is 7.19. The Bertz CT molecular complexity index is 1180. The number of nitrogens with one attached hydrogen (secondary N) is 1. The van der Waals surface area contributed by atoms with Crippen LogP contribution in [0.2, 0.25) is 5.02 Å². The molecule has 0 radical (unpaired) electrons. The van der Waals surface area contributed by atoms with Crippen molar-refractivity contribution in [3.05, 3.63) is 77.3 Å². The van der Waals surface area contributed by atoms with Gasteiger partial charge in [0.1, 0.15) is 6.04 Å². The van der Waals surface area contributed by atoms with E-state index in [4.69, 9.17) is 23.8 Å². The van der Waals surface area contributed by atoms with Crippen LogP contribution in [-0.2, 0) is 0 Å². The summed E-state index contributed by atoms with van der Waals surface area (Å²) < 4.78 is 2.32. The molecule has 2 aliphatic rings. The van der Waals surface area contributed by atoms with Crippen LogP contribution in [0.3, 0.4) is 0 Å². The van der Waals surface area contributed by atoms with Gasteiger partial charge in [0.15, 0.2) is 5.11 Å². The molecule has 0 bridgehead atoms. The SMILES string of the molecule is CC(C)n1cccc1[C@H]1[C@H](c2ccccn2)NC(=S)N1c1ccc(N2C[C@H](C)C[C@H](C)C2)c(Cl)c1. The topological polar surface area (TPSA) is 36.3 Å². The monoisotopic (exact) mass is 507 g/mol. The lowest BCUT2D eigenvalue weighted by atomic mass is 9.91. The minimum atomic E-state index is -0.0710. The van der Waals surface area contributed by atoms with Crippen molar-refractivity contribution in [3.8, 4) is 0 Å². The number of thiocarbonyl (C=S) groups is 1. The minimum Gasteiger partial charge on any atom is -0.370 e. The maximum atomic E-state index is 6.94. The number of piperidine rings is 1. The standard InChI is InChI=1S/C28H34ClN5S/c1-18(2)33-13-7-9-25(33)27-26(23-8-5-6-12-30-23)31-28(35)34(27)21-10-11-24(22(29)15-21)32-16-19(3)14-20(4)17-32/h5-13,15,18-20,26-27H,14,16-17H2,1-4H3,(H,31,35)/t19-,20+,26-,27-/m0/s1. The van der Waals surface area contributed by atoms with Gasteiger partial charge in [-0.25, -0.2) is 0 Å². The molecule has 35 heavy (non-hydrogen) atoms. The highest BCUT2D eigenvalue weighted by Crippen LogP contribution is 2.44. The first-order valence-corrected chi connectivity index (χ1v) is 13.3. The van der Waals surface area contributed by atoms with Gasteiger partial charge in [-0.2, -0.15) is 0 Å². The van der Waals surface area contributed by atoms with Crippen molar-refractivity contribution in [2.45, 2.75) is 52.2 Å². The number of rotatable bonds is 5. The molecule has 4 atom stereocenters. The second-order valence-electron chi connectivity index (χ2n) is 10.4. The Labute approximate surface area is 219 Å². The second kappa shape index (κ2) is 9.82. The van der Waals surface area contributed by atoms with Crippen molar-refractivity contribution < 1.29 is 0 Å². The summed E-state index contributed by atoms with van der Waals surface area (Å²) in [6, 6.07) is 16.9. The van der Waals surface area contributed by atoms with E-state index in [0.29, 0.717) is 23.0 Å². The smallest absolute Gasteiger partial charge is 0.174 e. The Morgan fingerprint density at radius 2 is 1.83 bits per heavy atom. The first kappa shape index (κ1) is 24.1. The van der Waals surface area contributed by atoms with E-state index in [1.165, 1.54) is 12.1 Å². The Kier molecular flexibility index (Phi) is 6.78. The molecule has 2 fully saturated rings. The van der Waals surface area contributed by atoms with Gasteiger partial charge < -0.3 is 19.7 Å². The van der Waals surface area contributed by atoms with Gasteiger partial charge >= 0.3 is 0 Å². The van der Waals surface area contributed by atoms with Gasteiger partial charge in [-0.15, -0.1) is 0 Å². The van der Waals surface area contributed by atoms with Crippen molar-refractivity contribution in [2.75, 3.05) is 22.9 Å². The fraction of sp³-hybridized carbons (Fsp3) is 0.429. The average molecular weight is 508 g/mol. The molecule has 2 aliphatic heterocycles. The molecule has 0 unspecified atom stereocenters. The van der Waals surface area contributed by atoms with E-state index in [1.807, 2.05) is 18.3 Å². The molecule has 3 aromatic rings. The molecule has 5 rings (SSSR count). The lowest BCUT2D eigenvalue weighted by Gasteiger charge is -2.37.